The predicted octanol–water partition coefficient (Wildman–Crippen LogP) is 2.55. The standard InChI is InChI=1S/C18H21Cl2N3O4S/c1-21(12-14-4-3-11-27-14)17(24)13-22-7-9-23(10-8-22)28(25,26)18-15(19)5-2-6-16(18)20/h2-6,11H,7-10,12-13H2,1H3. The summed E-state index contributed by atoms with van der Waals surface area (Å²) in [4.78, 5) is 15.9. The lowest BCUT2D eigenvalue weighted by Gasteiger charge is -2.34. The van der Waals surface area contributed by atoms with E-state index < -0.39 is 10.0 Å². The van der Waals surface area contributed by atoms with Gasteiger partial charge in [0.2, 0.25) is 15.9 Å². The molecule has 0 unspecified atom stereocenters. The van der Waals surface area contributed by atoms with E-state index in [4.69, 9.17) is 27.6 Å². The molecule has 3 rings (SSSR count). The molecule has 1 aliphatic rings. The summed E-state index contributed by atoms with van der Waals surface area (Å²) in [5, 5.41) is 0.203. The van der Waals surface area contributed by atoms with Gasteiger partial charge in [-0.2, -0.15) is 4.31 Å². The van der Waals surface area contributed by atoms with Gasteiger partial charge in [-0.15, -0.1) is 0 Å². The second kappa shape index (κ2) is 8.84. The zero-order valence-corrected chi connectivity index (χ0v) is 17.7. The van der Waals surface area contributed by atoms with Crippen LogP contribution in [0.1, 0.15) is 5.76 Å². The highest BCUT2D eigenvalue weighted by atomic mass is 35.5. The monoisotopic (exact) mass is 445 g/mol. The molecule has 1 amide bonds. The summed E-state index contributed by atoms with van der Waals surface area (Å²) in [6, 6.07) is 8.20. The molecule has 0 bridgehead atoms. The van der Waals surface area contributed by atoms with Crippen molar-refractivity contribution in [2.45, 2.75) is 11.4 Å². The fourth-order valence-corrected chi connectivity index (χ4v) is 5.54. The molecule has 2 heterocycles. The highest BCUT2D eigenvalue weighted by molar-refractivity contribution is 7.89. The van der Waals surface area contributed by atoms with Gasteiger partial charge in [0.25, 0.3) is 0 Å². The van der Waals surface area contributed by atoms with Crippen molar-refractivity contribution in [1.29, 1.82) is 0 Å². The van der Waals surface area contributed by atoms with Crippen LogP contribution in [-0.4, -0.2) is 68.2 Å². The summed E-state index contributed by atoms with van der Waals surface area (Å²) in [5.74, 6) is 0.658. The third kappa shape index (κ3) is 4.69. The average Bonchev–Trinajstić information content (AvgIpc) is 3.15. The molecule has 1 aliphatic heterocycles. The SMILES string of the molecule is CN(Cc1ccco1)C(=O)CN1CCN(S(=O)(=O)c2c(Cl)cccc2Cl)CC1. The van der Waals surface area contributed by atoms with E-state index in [2.05, 4.69) is 0 Å². The van der Waals surface area contributed by atoms with Crippen LogP contribution in [0, 0.1) is 0 Å². The first-order valence-electron chi connectivity index (χ1n) is 8.72. The molecule has 28 heavy (non-hydrogen) atoms. The third-order valence-electron chi connectivity index (χ3n) is 4.61. The molecule has 0 radical (unpaired) electrons. The molecule has 1 aromatic carbocycles. The number of likely N-dealkylation sites (N-methyl/N-ethyl adjacent to an activating group) is 1. The van der Waals surface area contributed by atoms with Crippen molar-refractivity contribution in [3.05, 3.63) is 52.4 Å². The number of sulfonamides is 1. The molecule has 10 heteroatoms. The van der Waals surface area contributed by atoms with Crippen molar-refractivity contribution in [3.63, 3.8) is 0 Å². The van der Waals surface area contributed by atoms with Crippen molar-refractivity contribution >= 4 is 39.1 Å². The van der Waals surface area contributed by atoms with E-state index in [1.807, 2.05) is 11.0 Å². The van der Waals surface area contributed by atoms with Crippen molar-refractivity contribution in [1.82, 2.24) is 14.1 Å². The Hall–Kier alpha value is -1.58. The highest BCUT2D eigenvalue weighted by Crippen LogP contribution is 2.31. The molecule has 1 saturated heterocycles. The van der Waals surface area contributed by atoms with Crippen LogP contribution < -0.4 is 0 Å². The molecule has 0 spiro atoms. The van der Waals surface area contributed by atoms with Gasteiger partial charge in [0, 0.05) is 33.2 Å². The van der Waals surface area contributed by atoms with Crippen LogP contribution in [0.4, 0.5) is 0 Å². The van der Waals surface area contributed by atoms with Crippen molar-refractivity contribution in [2.75, 3.05) is 39.8 Å². The van der Waals surface area contributed by atoms with Gasteiger partial charge in [0.05, 0.1) is 29.4 Å². The Morgan fingerprint density at radius 2 is 1.75 bits per heavy atom. The van der Waals surface area contributed by atoms with E-state index in [0.717, 1.165) is 0 Å². The molecule has 1 fully saturated rings. The van der Waals surface area contributed by atoms with Gasteiger partial charge in [-0.25, -0.2) is 8.42 Å². The Labute approximate surface area is 174 Å². The minimum absolute atomic E-state index is 0.0538. The largest absolute Gasteiger partial charge is 0.467 e. The maximum Gasteiger partial charge on any atom is 0.246 e. The first-order valence-corrected chi connectivity index (χ1v) is 10.9. The van der Waals surface area contributed by atoms with Crippen molar-refractivity contribution < 1.29 is 17.6 Å². The third-order valence-corrected chi connectivity index (χ3v) is 7.46. The summed E-state index contributed by atoms with van der Waals surface area (Å²) >= 11 is 12.1. The number of carbonyl (C=O) groups excluding carboxylic acids is 1. The van der Waals surface area contributed by atoms with Crippen LogP contribution in [-0.2, 0) is 21.4 Å². The van der Waals surface area contributed by atoms with E-state index in [1.165, 1.54) is 16.4 Å². The van der Waals surface area contributed by atoms with Gasteiger partial charge in [0.15, 0.2) is 0 Å². The van der Waals surface area contributed by atoms with Crippen LogP contribution in [0.3, 0.4) is 0 Å². The zero-order chi connectivity index (χ0) is 20.3. The normalized spacial score (nSPS) is 16.2. The van der Waals surface area contributed by atoms with Gasteiger partial charge in [0.1, 0.15) is 10.7 Å². The summed E-state index contributed by atoms with van der Waals surface area (Å²) < 4.78 is 32.4. The lowest BCUT2D eigenvalue weighted by Crippen LogP contribution is -2.51. The number of hydrogen-bond donors (Lipinski definition) is 0. The summed E-state index contributed by atoms with van der Waals surface area (Å²) in [6.45, 7) is 2.03. The lowest BCUT2D eigenvalue weighted by atomic mass is 10.3. The molecule has 1 aromatic heterocycles. The number of hydrogen-bond acceptors (Lipinski definition) is 5. The second-order valence-corrected chi connectivity index (χ2v) is 9.25. The quantitative estimate of drug-likeness (QED) is 0.682. The van der Waals surface area contributed by atoms with Crippen LogP contribution >= 0.6 is 23.2 Å². The average molecular weight is 446 g/mol. The number of piperazine rings is 1. The second-order valence-electron chi connectivity index (χ2n) is 6.56. The highest BCUT2D eigenvalue weighted by Gasteiger charge is 2.32. The molecule has 2 aromatic rings. The molecule has 0 atom stereocenters. The van der Waals surface area contributed by atoms with E-state index in [-0.39, 0.29) is 40.5 Å². The zero-order valence-electron chi connectivity index (χ0n) is 15.3. The first-order chi connectivity index (χ1) is 13.3. The lowest BCUT2D eigenvalue weighted by molar-refractivity contribution is -0.132. The fraction of sp³-hybridized carbons (Fsp3) is 0.389. The van der Waals surface area contributed by atoms with Gasteiger partial charge in [-0.3, -0.25) is 9.69 Å². The Kier molecular flexibility index (Phi) is 6.67. The topological polar surface area (TPSA) is 74.1 Å². The van der Waals surface area contributed by atoms with Gasteiger partial charge >= 0.3 is 0 Å². The van der Waals surface area contributed by atoms with Crippen molar-refractivity contribution in [2.24, 2.45) is 0 Å². The first kappa shape index (κ1) is 21.1. The number of nitrogens with zero attached hydrogens (tertiary/aromatic N) is 3. The maximum absolute atomic E-state index is 12.9. The molecular formula is C18H21Cl2N3O4S. The Balaban J connectivity index is 1.57. The molecule has 0 N–H and O–H groups in total. The number of halogens is 2. The number of amides is 1. The number of rotatable bonds is 6. The number of carbonyl (C=O) groups is 1. The Morgan fingerprint density at radius 3 is 2.32 bits per heavy atom. The van der Waals surface area contributed by atoms with Gasteiger partial charge in [-0.1, -0.05) is 29.3 Å². The van der Waals surface area contributed by atoms with E-state index >= 15 is 0 Å². The minimum Gasteiger partial charge on any atom is -0.467 e. The molecule has 0 aliphatic carbocycles. The fourth-order valence-electron chi connectivity index (χ4n) is 3.02. The molecule has 152 valence electrons. The Bertz CT molecular complexity index is 906. The predicted molar refractivity (Wildman–Crippen MR) is 107 cm³/mol. The summed E-state index contributed by atoms with van der Waals surface area (Å²) in [6.07, 6.45) is 1.57. The smallest absolute Gasteiger partial charge is 0.246 e. The molecular weight excluding hydrogens is 425 g/mol. The Morgan fingerprint density at radius 1 is 1.11 bits per heavy atom. The maximum atomic E-state index is 12.9. The van der Waals surface area contributed by atoms with Gasteiger partial charge in [-0.05, 0) is 24.3 Å². The summed E-state index contributed by atoms with van der Waals surface area (Å²) in [5.41, 5.74) is 0. The van der Waals surface area contributed by atoms with E-state index in [0.29, 0.717) is 25.4 Å². The van der Waals surface area contributed by atoms with Gasteiger partial charge < -0.3 is 9.32 Å². The number of benzene rings is 1. The van der Waals surface area contributed by atoms with Crippen LogP contribution in [0.5, 0.6) is 0 Å². The van der Waals surface area contributed by atoms with Crippen molar-refractivity contribution in [3.8, 4) is 0 Å². The minimum atomic E-state index is -3.79. The number of furan rings is 1. The van der Waals surface area contributed by atoms with Crippen LogP contribution in [0.15, 0.2) is 45.9 Å². The van der Waals surface area contributed by atoms with Crippen LogP contribution in [0.2, 0.25) is 10.0 Å². The van der Waals surface area contributed by atoms with E-state index in [9.17, 15) is 13.2 Å². The van der Waals surface area contributed by atoms with Crippen LogP contribution in [0.25, 0.3) is 0 Å². The molecule has 0 saturated carbocycles. The summed E-state index contributed by atoms with van der Waals surface area (Å²) in [7, 11) is -2.08. The van der Waals surface area contributed by atoms with E-state index in [1.54, 1.807) is 30.3 Å². The molecule has 7 nitrogen and oxygen atoms in total.